The zero-order chi connectivity index (χ0) is 19.7. The second-order valence-corrected chi connectivity index (χ2v) is 8.68. The Bertz CT molecular complexity index is 1270. The Morgan fingerprint density at radius 1 is 1.00 bits per heavy atom. The standard InChI is InChI=1S/C22H13BrClIN2O/c23-15-8-5-14(6-9-15)7-12-21-26-19-11-10-16(25)13-17(19)22(28)27(21)20-4-2-1-3-18(20)24/h1-13H/b12-7+. The first kappa shape index (κ1) is 19.4. The van der Waals surface area contributed by atoms with Gasteiger partial charge in [0.25, 0.3) is 5.56 Å². The van der Waals surface area contributed by atoms with Gasteiger partial charge in [-0.05, 0) is 76.7 Å². The van der Waals surface area contributed by atoms with Crippen molar-refractivity contribution in [2.24, 2.45) is 0 Å². The van der Waals surface area contributed by atoms with Crippen LogP contribution in [0.25, 0.3) is 28.7 Å². The molecule has 3 nitrogen and oxygen atoms in total. The number of rotatable bonds is 3. The highest BCUT2D eigenvalue weighted by Gasteiger charge is 2.13. The van der Waals surface area contributed by atoms with Crippen LogP contribution in [0.4, 0.5) is 0 Å². The van der Waals surface area contributed by atoms with E-state index in [2.05, 4.69) is 38.5 Å². The second kappa shape index (κ2) is 8.19. The molecular weight excluding hydrogens is 551 g/mol. The van der Waals surface area contributed by atoms with E-state index in [9.17, 15) is 4.79 Å². The minimum absolute atomic E-state index is 0.146. The van der Waals surface area contributed by atoms with Crippen molar-refractivity contribution < 1.29 is 0 Å². The fraction of sp³-hybridized carbons (Fsp3) is 0. The van der Waals surface area contributed by atoms with E-state index in [4.69, 9.17) is 16.6 Å². The predicted octanol–water partition coefficient (Wildman–Crippen LogP) is 6.58. The molecule has 138 valence electrons. The number of halogens is 3. The molecule has 0 saturated carbocycles. The molecule has 6 heteroatoms. The number of hydrogen-bond acceptors (Lipinski definition) is 2. The van der Waals surface area contributed by atoms with Crippen molar-refractivity contribution in [3.63, 3.8) is 0 Å². The number of benzene rings is 3. The number of hydrogen-bond donors (Lipinski definition) is 0. The van der Waals surface area contributed by atoms with Gasteiger partial charge in [0.05, 0.1) is 21.6 Å². The van der Waals surface area contributed by atoms with Crippen LogP contribution in [-0.2, 0) is 0 Å². The molecule has 4 aromatic rings. The first-order valence-corrected chi connectivity index (χ1v) is 10.7. The molecule has 0 radical (unpaired) electrons. The van der Waals surface area contributed by atoms with Crippen LogP contribution < -0.4 is 5.56 Å². The maximum Gasteiger partial charge on any atom is 0.266 e. The lowest BCUT2D eigenvalue weighted by Crippen LogP contribution is -2.22. The van der Waals surface area contributed by atoms with Gasteiger partial charge in [0.1, 0.15) is 5.82 Å². The first-order valence-electron chi connectivity index (χ1n) is 8.44. The van der Waals surface area contributed by atoms with Crippen molar-refractivity contribution >= 4 is 73.2 Å². The van der Waals surface area contributed by atoms with Crippen molar-refractivity contribution in [1.82, 2.24) is 9.55 Å². The third-order valence-corrected chi connectivity index (χ3v) is 5.76. The second-order valence-electron chi connectivity index (χ2n) is 6.11. The van der Waals surface area contributed by atoms with Crippen molar-refractivity contribution in [2.45, 2.75) is 0 Å². The zero-order valence-electron chi connectivity index (χ0n) is 14.4. The van der Waals surface area contributed by atoms with Gasteiger partial charge in [-0.2, -0.15) is 0 Å². The molecule has 0 bridgehead atoms. The van der Waals surface area contributed by atoms with E-state index >= 15 is 0 Å². The molecule has 0 aliphatic carbocycles. The molecule has 1 heterocycles. The average Bonchev–Trinajstić information content (AvgIpc) is 2.69. The molecule has 0 amide bonds. The van der Waals surface area contributed by atoms with E-state index in [1.165, 1.54) is 0 Å². The van der Waals surface area contributed by atoms with E-state index < -0.39 is 0 Å². The summed E-state index contributed by atoms with van der Waals surface area (Å²) in [5.74, 6) is 0.523. The molecule has 0 atom stereocenters. The van der Waals surface area contributed by atoms with Crippen LogP contribution in [0.3, 0.4) is 0 Å². The van der Waals surface area contributed by atoms with Crippen molar-refractivity contribution in [1.29, 1.82) is 0 Å². The molecule has 0 N–H and O–H groups in total. The summed E-state index contributed by atoms with van der Waals surface area (Å²) in [6, 6.07) is 20.9. The van der Waals surface area contributed by atoms with Crippen molar-refractivity contribution in [3.8, 4) is 5.69 Å². The van der Waals surface area contributed by atoms with Crippen LogP contribution in [-0.4, -0.2) is 9.55 Å². The Balaban J connectivity index is 1.97. The maximum absolute atomic E-state index is 13.3. The Kier molecular flexibility index (Phi) is 5.66. The Morgan fingerprint density at radius 2 is 1.75 bits per heavy atom. The van der Waals surface area contributed by atoms with Crippen molar-refractivity contribution in [2.75, 3.05) is 0 Å². The van der Waals surface area contributed by atoms with Crippen LogP contribution in [0.15, 0.2) is 76.0 Å². The summed E-state index contributed by atoms with van der Waals surface area (Å²) < 4.78 is 3.56. The number of aromatic nitrogens is 2. The molecule has 3 aromatic carbocycles. The van der Waals surface area contributed by atoms with Gasteiger partial charge in [0, 0.05) is 8.04 Å². The largest absolute Gasteiger partial charge is 0.268 e. The van der Waals surface area contributed by atoms with Gasteiger partial charge in [-0.15, -0.1) is 0 Å². The van der Waals surface area contributed by atoms with Gasteiger partial charge >= 0.3 is 0 Å². The maximum atomic E-state index is 13.3. The summed E-state index contributed by atoms with van der Waals surface area (Å²) in [5, 5.41) is 1.06. The summed E-state index contributed by atoms with van der Waals surface area (Å²) in [7, 11) is 0. The lowest BCUT2D eigenvalue weighted by Gasteiger charge is -2.13. The average molecular weight is 564 g/mol. The molecule has 0 unspecified atom stereocenters. The molecule has 0 spiro atoms. The highest BCUT2D eigenvalue weighted by atomic mass is 127. The highest BCUT2D eigenvalue weighted by molar-refractivity contribution is 14.1. The minimum atomic E-state index is -0.146. The van der Waals surface area contributed by atoms with Crippen LogP contribution >= 0.6 is 50.1 Å². The Hall–Kier alpha value is -1.96. The monoisotopic (exact) mass is 562 g/mol. The Morgan fingerprint density at radius 3 is 2.50 bits per heavy atom. The number of fused-ring (bicyclic) bond motifs is 1. The van der Waals surface area contributed by atoms with Crippen LogP contribution in [0.2, 0.25) is 5.02 Å². The highest BCUT2D eigenvalue weighted by Crippen LogP contribution is 2.23. The quantitative estimate of drug-likeness (QED) is 0.264. The molecular formula is C22H13BrClIN2O. The summed E-state index contributed by atoms with van der Waals surface area (Å²) in [4.78, 5) is 18.1. The van der Waals surface area contributed by atoms with Gasteiger partial charge in [-0.25, -0.2) is 4.98 Å². The lowest BCUT2D eigenvalue weighted by atomic mass is 10.2. The SMILES string of the molecule is O=c1c2cc(I)ccc2nc(/C=C/c2ccc(Br)cc2)n1-c1ccccc1Cl. The third-order valence-electron chi connectivity index (χ3n) is 4.24. The molecule has 4 rings (SSSR count). The predicted molar refractivity (Wildman–Crippen MR) is 128 cm³/mol. The normalized spacial score (nSPS) is 11.4. The molecule has 0 aliphatic heterocycles. The third kappa shape index (κ3) is 3.92. The van der Waals surface area contributed by atoms with Crippen LogP contribution in [0.5, 0.6) is 0 Å². The number of para-hydroxylation sites is 1. The van der Waals surface area contributed by atoms with Crippen LogP contribution in [0.1, 0.15) is 11.4 Å². The van der Waals surface area contributed by atoms with E-state index in [0.717, 1.165) is 13.6 Å². The van der Waals surface area contributed by atoms with Gasteiger partial charge in [0.2, 0.25) is 0 Å². The van der Waals surface area contributed by atoms with E-state index in [1.54, 1.807) is 10.6 Å². The smallest absolute Gasteiger partial charge is 0.266 e. The van der Waals surface area contributed by atoms with Gasteiger partial charge < -0.3 is 0 Å². The Labute approximate surface area is 189 Å². The molecule has 1 aromatic heterocycles. The van der Waals surface area contributed by atoms with Crippen molar-refractivity contribution in [3.05, 3.63) is 102 Å². The molecule has 0 aliphatic rings. The minimum Gasteiger partial charge on any atom is -0.268 e. The molecule has 0 fully saturated rings. The zero-order valence-corrected chi connectivity index (χ0v) is 18.9. The van der Waals surface area contributed by atoms with Crippen LogP contribution in [0, 0.1) is 3.57 Å². The van der Waals surface area contributed by atoms with Gasteiger partial charge in [0.15, 0.2) is 0 Å². The van der Waals surface area contributed by atoms with Gasteiger partial charge in [-0.1, -0.05) is 57.9 Å². The summed E-state index contributed by atoms with van der Waals surface area (Å²) in [5.41, 5.74) is 2.12. The summed E-state index contributed by atoms with van der Waals surface area (Å²) >= 11 is 12.0. The summed E-state index contributed by atoms with van der Waals surface area (Å²) in [6.45, 7) is 0. The van der Waals surface area contributed by atoms with Gasteiger partial charge in [-0.3, -0.25) is 9.36 Å². The van der Waals surface area contributed by atoms with E-state index in [0.29, 0.717) is 27.4 Å². The summed E-state index contributed by atoms with van der Waals surface area (Å²) in [6.07, 6.45) is 3.77. The fourth-order valence-electron chi connectivity index (χ4n) is 2.90. The molecule has 28 heavy (non-hydrogen) atoms. The number of nitrogens with zero attached hydrogens (tertiary/aromatic N) is 2. The molecule has 0 saturated heterocycles. The van der Waals surface area contributed by atoms with E-state index in [-0.39, 0.29) is 5.56 Å². The topological polar surface area (TPSA) is 34.9 Å². The van der Waals surface area contributed by atoms with E-state index in [1.807, 2.05) is 72.8 Å². The fourth-order valence-corrected chi connectivity index (χ4v) is 3.87. The first-order chi connectivity index (χ1) is 13.5. The lowest BCUT2D eigenvalue weighted by molar-refractivity contribution is 0.944.